The number of carbonyl (C=O) groups is 2. The van der Waals surface area contributed by atoms with Crippen LogP contribution in [0.2, 0.25) is 0 Å². The van der Waals surface area contributed by atoms with Gasteiger partial charge in [0.15, 0.2) is 5.66 Å². The van der Waals surface area contributed by atoms with Crippen LogP contribution in [0, 0.1) is 12.3 Å². The fourth-order valence-corrected chi connectivity index (χ4v) is 2.66. The summed E-state index contributed by atoms with van der Waals surface area (Å²) in [6.07, 6.45) is 7.14. The van der Waals surface area contributed by atoms with E-state index in [1.165, 1.54) is 7.11 Å². The number of amides is 1. The summed E-state index contributed by atoms with van der Waals surface area (Å²) >= 11 is 0. The number of aliphatic hydroxyl groups is 1. The Bertz CT molecular complexity index is 747. The monoisotopic (exact) mass is 357 g/mol. The molecule has 0 bridgehead atoms. The first-order valence-electron chi connectivity index (χ1n) is 8.36. The smallest absolute Gasteiger partial charge is 0.337 e. The second-order valence-electron chi connectivity index (χ2n) is 6.50. The minimum Gasteiger partial charge on any atom is -0.465 e. The standard InChI is InChI=1S/C19H23N3O4/c1-4-5-10-19(21-22-19)11-9-16(24)20-18(2,13-23)15-8-6-7-14(12-15)17(25)26-3/h1,6-8,12,23H,5,9-11,13H2,2-3H3,(H,20,24). The summed E-state index contributed by atoms with van der Waals surface area (Å²) < 4.78 is 4.71. The van der Waals surface area contributed by atoms with Gasteiger partial charge in [-0.25, -0.2) is 4.79 Å². The molecule has 1 heterocycles. The van der Waals surface area contributed by atoms with Crippen LogP contribution in [0.5, 0.6) is 0 Å². The van der Waals surface area contributed by atoms with Crippen molar-refractivity contribution in [1.29, 1.82) is 0 Å². The molecule has 7 heteroatoms. The number of nitrogens with zero attached hydrogens (tertiary/aromatic N) is 2. The fourth-order valence-electron chi connectivity index (χ4n) is 2.66. The average Bonchev–Trinajstić information content (AvgIpc) is 3.44. The Labute approximate surface area is 152 Å². The summed E-state index contributed by atoms with van der Waals surface area (Å²) in [4.78, 5) is 24.1. The second-order valence-corrected chi connectivity index (χ2v) is 6.50. The number of esters is 1. The Hall–Kier alpha value is -2.72. The third kappa shape index (κ3) is 4.67. The lowest BCUT2D eigenvalue weighted by molar-refractivity contribution is -0.123. The van der Waals surface area contributed by atoms with Gasteiger partial charge < -0.3 is 15.2 Å². The molecule has 0 aromatic heterocycles. The van der Waals surface area contributed by atoms with Crippen molar-refractivity contribution < 1.29 is 19.4 Å². The third-order valence-corrected chi connectivity index (χ3v) is 4.46. The van der Waals surface area contributed by atoms with E-state index in [1.54, 1.807) is 31.2 Å². The van der Waals surface area contributed by atoms with Crippen molar-refractivity contribution in [2.45, 2.75) is 43.8 Å². The van der Waals surface area contributed by atoms with Crippen LogP contribution in [0.1, 0.15) is 48.5 Å². The molecule has 0 fully saturated rings. The Morgan fingerprint density at radius 1 is 1.38 bits per heavy atom. The highest BCUT2D eigenvalue weighted by Crippen LogP contribution is 2.37. The highest BCUT2D eigenvalue weighted by Gasteiger charge is 2.39. The van der Waals surface area contributed by atoms with Crippen LogP contribution >= 0.6 is 0 Å². The third-order valence-electron chi connectivity index (χ3n) is 4.46. The zero-order valence-corrected chi connectivity index (χ0v) is 15.0. The maximum Gasteiger partial charge on any atom is 0.337 e. The van der Waals surface area contributed by atoms with E-state index >= 15 is 0 Å². The largest absolute Gasteiger partial charge is 0.465 e. The Morgan fingerprint density at radius 2 is 2.12 bits per heavy atom. The molecular weight excluding hydrogens is 334 g/mol. The van der Waals surface area contributed by atoms with Crippen molar-refractivity contribution in [3.05, 3.63) is 35.4 Å². The summed E-state index contributed by atoms with van der Waals surface area (Å²) in [7, 11) is 1.30. The molecule has 1 atom stereocenters. The quantitative estimate of drug-likeness (QED) is 0.522. The van der Waals surface area contributed by atoms with Gasteiger partial charge in [0.2, 0.25) is 5.91 Å². The van der Waals surface area contributed by atoms with Gasteiger partial charge in [0.25, 0.3) is 0 Å². The number of benzene rings is 1. The van der Waals surface area contributed by atoms with Crippen molar-refractivity contribution in [3.8, 4) is 12.3 Å². The number of terminal acetylenes is 1. The average molecular weight is 357 g/mol. The Balaban J connectivity index is 2.02. The van der Waals surface area contributed by atoms with E-state index in [0.717, 1.165) is 0 Å². The van der Waals surface area contributed by atoms with Crippen LogP contribution in [0.3, 0.4) is 0 Å². The van der Waals surface area contributed by atoms with E-state index in [0.29, 0.717) is 30.4 Å². The molecule has 0 aliphatic carbocycles. The number of rotatable bonds is 9. The normalized spacial score (nSPS) is 16.2. The number of methoxy groups -OCH3 is 1. The van der Waals surface area contributed by atoms with Gasteiger partial charge in [0.1, 0.15) is 0 Å². The summed E-state index contributed by atoms with van der Waals surface area (Å²) in [5, 5.41) is 20.7. The first-order valence-corrected chi connectivity index (χ1v) is 8.36. The van der Waals surface area contributed by atoms with Crippen molar-refractivity contribution in [2.24, 2.45) is 10.2 Å². The lowest BCUT2D eigenvalue weighted by Gasteiger charge is -2.30. The Morgan fingerprint density at radius 3 is 2.69 bits per heavy atom. The predicted molar refractivity (Wildman–Crippen MR) is 95.3 cm³/mol. The van der Waals surface area contributed by atoms with E-state index in [1.807, 2.05) is 0 Å². The molecule has 1 aromatic rings. The summed E-state index contributed by atoms with van der Waals surface area (Å²) in [5.74, 6) is 1.83. The van der Waals surface area contributed by atoms with Crippen molar-refractivity contribution in [3.63, 3.8) is 0 Å². The molecule has 1 aromatic carbocycles. The molecule has 138 valence electrons. The number of aliphatic hydroxyl groups excluding tert-OH is 1. The van der Waals surface area contributed by atoms with Crippen LogP contribution in [-0.2, 0) is 15.1 Å². The minimum atomic E-state index is -1.02. The van der Waals surface area contributed by atoms with Crippen LogP contribution in [0.4, 0.5) is 0 Å². The topological polar surface area (TPSA) is 100 Å². The molecule has 0 saturated carbocycles. The van der Waals surface area contributed by atoms with Gasteiger partial charge in [0.05, 0.1) is 24.8 Å². The fraction of sp³-hybridized carbons (Fsp3) is 0.474. The Kier molecular flexibility index (Phi) is 6.11. The van der Waals surface area contributed by atoms with Gasteiger partial charge in [-0.1, -0.05) is 12.1 Å². The van der Waals surface area contributed by atoms with Crippen molar-refractivity contribution >= 4 is 11.9 Å². The zero-order chi connectivity index (χ0) is 19.2. The van der Waals surface area contributed by atoms with Gasteiger partial charge in [0, 0.05) is 25.7 Å². The molecule has 0 spiro atoms. The number of hydrogen-bond acceptors (Lipinski definition) is 6. The second kappa shape index (κ2) is 8.11. The van der Waals surface area contributed by atoms with E-state index in [2.05, 4.69) is 21.5 Å². The first kappa shape index (κ1) is 19.6. The number of carbonyl (C=O) groups excluding carboxylic acids is 2. The number of hydrogen-bond donors (Lipinski definition) is 2. The molecule has 1 amide bonds. The van der Waals surface area contributed by atoms with Gasteiger partial charge >= 0.3 is 5.97 Å². The van der Waals surface area contributed by atoms with Crippen LogP contribution in [-0.4, -0.2) is 36.4 Å². The van der Waals surface area contributed by atoms with E-state index in [4.69, 9.17) is 11.2 Å². The molecule has 7 nitrogen and oxygen atoms in total. The SMILES string of the molecule is C#CCCC1(CCC(=O)NC(C)(CO)c2cccc(C(=O)OC)c2)N=N1. The molecule has 0 radical (unpaired) electrons. The highest BCUT2D eigenvalue weighted by molar-refractivity contribution is 5.89. The minimum absolute atomic E-state index is 0.212. The molecule has 0 saturated heterocycles. The van der Waals surface area contributed by atoms with Crippen LogP contribution in [0.25, 0.3) is 0 Å². The van der Waals surface area contributed by atoms with E-state index in [9.17, 15) is 14.7 Å². The highest BCUT2D eigenvalue weighted by atomic mass is 16.5. The first-order chi connectivity index (χ1) is 12.4. The maximum absolute atomic E-state index is 12.4. The lowest BCUT2D eigenvalue weighted by Crippen LogP contribution is -2.46. The molecule has 2 rings (SSSR count). The molecule has 1 aliphatic rings. The maximum atomic E-state index is 12.4. The molecule has 1 aliphatic heterocycles. The molecule has 26 heavy (non-hydrogen) atoms. The number of ether oxygens (including phenoxy) is 1. The molecule has 1 unspecified atom stereocenters. The van der Waals surface area contributed by atoms with Gasteiger partial charge in [-0.05, 0) is 24.6 Å². The van der Waals surface area contributed by atoms with Crippen molar-refractivity contribution in [2.75, 3.05) is 13.7 Å². The number of nitrogens with one attached hydrogen (secondary N) is 1. The molecular formula is C19H23N3O4. The van der Waals surface area contributed by atoms with E-state index < -0.39 is 17.2 Å². The van der Waals surface area contributed by atoms with Gasteiger partial charge in [-0.3, -0.25) is 4.79 Å². The predicted octanol–water partition coefficient (Wildman–Crippen LogP) is 2.15. The zero-order valence-electron chi connectivity index (χ0n) is 15.0. The summed E-state index contributed by atoms with van der Waals surface area (Å²) in [5.41, 5.74) is -0.587. The summed E-state index contributed by atoms with van der Waals surface area (Å²) in [6, 6.07) is 6.63. The van der Waals surface area contributed by atoms with Crippen molar-refractivity contribution in [1.82, 2.24) is 5.32 Å². The molecule has 2 N–H and O–H groups in total. The van der Waals surface area contributed by atoms with Crippen LogP contribution < -0.4 is 5.32 Å². The van der Waals surface area contributed by atoms with Crippen LogP contribution in [0.15, 0.2) is 34.5 Å². The van der Waals surface area contributed by atoms with E-state index in [-0.39, 0.29) is 18.9 Å². The lowest BCUT2D eigenvalue weighted by atomic mass is 9.91. The summed E-state index contributed by atoms with van der Waals surface area (Å²) in [6.45, 7) is 1.38. The van der Waals surface area contributed by atoms with Gasteiger partial charge in [-0.2, -0.15) is 10.2 Å². The van der Waals surface area contributed by atoms with Gasteiger partial charge in [-0.15, -0.1) is 12.3 Å².